The lowest BCUT2D eigenvalue weighted by Gasteiger charge is -2.19. The number of nitrogens with zero attached hydrogens (tertiary/aromatic N) is 2. The molecule has 1 saturated heterocycles. The zero-order chi connectivity index (χ0) is 13.6. The van der Waals surface area contributed by atoms with Gasteiger partial charge in [0.05, 0.1) is 23.2 Å². The minimum atomic E-state index is -2.91. The number of nitrogen functional groups attached to an aromatic ring is 1. The molecule has 6 heteroatoms. The molecule has 1 aromatic heterocycles. The minimum absolute atomic E-state index is 0.0309. The van der Waals surface area contributed by atoms with Crippen LogP contribution in [-0.2, 0) is 15.3 Å². The van der Waals surface area contributed by atoms with Gasteiger partial charge in [-0.1, -0.05) is 20.8 Å². The van der Waals surface area contributed by atoms with Crippen molar-refractivity contribution in [3.05, 3.63) is 11.8 Å². The summed E-state index contributed by atoms with van der Waals surface area (Å²) in [4.78, 5) is 0. The van der Waals surface area contributed by atoms with Crippen molar-refractivity contribution in [3.63, 3.8) is 0 Å². The maximum Gasteiger partial charge on any atom is 0.152 e. The van der Waals surface area contributed by atoms with Gasteiger partial charge in [0.2, 0.25) is 0 Å². The van der Waals surface area contributed by atoms with E-state index < -0.39 is 9.84 Å². The molecule has 1 unspecified atom stereocenters. The first-order valence-corrected chi connectivity index (χ1v) is 8.13. The van der Waals surface area contributed by atoms with E-state index in [0.717, 1.165) is 12.1 Å². The first kappa shape index (κ1) is 13.4. The Bertz CT molecular complexity index is 546. The summed E-state index contributed by atoms with van der Waals surface area (Å²) in [6.07, 6.45) is 1.58. The van der Waals surface area contributed by atoms with Crippen LogP contribution >= 0.6 is 0 Å². The summed E-state index contributed by atoms with van der Waals surface area (Å²) >= 11 is 0. The highest BCUT2D eigenvalue weighted by Crippen LogP contribution is 2.31. The molecule has 2 rings (SSSR count). The van der Waals surface area contributed by atoms with Crippen LogP contribution in [0.25, 0.3) is 0 Å². The lowest BCUT2D eigenvalue weighted by Crippen LogP contribution is -2.19. The van der Waals surface area contributed by atoms with Crippen molar-refractivity contribution in [2.75, 3.05) is 17.2 Å². The van der Waals surface area contributed by atoms with E-state index in [1.165, 1.54) is 0 Å². The molecule has 1 aliphatic rings. The first-order chi connectivity index (χ1) is 8.25. The van der Waals surface area contributed by atoms with Crippen molar-refractivity contribution >= 4 is 15.7 Å². The van der Waals surface area contributed by atoms with Gasteiger partial charge >= 0.3 is 0 Å². The van der Waals surface area contributed by atoms with Crippen LogP contribution in [-0.4, -0.2) is 29.7 Å². The fourth-order valence-corrected chi connectivity index (χ4v) is 3.87. The van der Waals surface area contributed by atoms with Crippen molar-refractivity contribution in [1.29, 1.82) is 0 Å². The topological polar surface area (TPSA) is 78.0 Å². The Morgan fingerprint density at radius 1 is 1.56 bits per heavy atom. The molecule has 0 amide bonds. The highest BCUT2D eigenvalue weighted by atomic mass is 32.2. The van der Waals surface area contributed by atoms with Crippen molar-refractivity contribution in [2.45, 2.75) is 45.1 Å². The van der Waals surface area contributed by atoms with E-state index in [0.29, 0.717) is 12.2 Å². The number of nitrogens with two attached hydrogens (primary N) is 1. The molecule has 0 saturated carbocycles. The van der Waals surface area contributed by atoms with Crippen molar-refractivity contribution < 1.29 is 8.42 Å². The average Bonchev–Trinajstić information content (AvgIpc) is 2.82. The van der Waals surface area contributed by atoms with Crippen LogP contribution in [0.15, 0.2) is 6.07 Å². The number of anilines is 1. The van der Waals surface area contributed by atoms with Gasteiger partial charge in [0.1, 0.15) is 5.82 Å². The Balaban J connectivity index is 2.31. The Morgan fingerprint density at radius 2 is 2.22 bits per heavy atom. The second-order valence-corrected chi connectivity index (χ2v) is 7.92. The van der Waals surface area contributed by atoms with Gasteiger partial charge in [-0.05, 0) is 12.8 Å². The summed E-state index contributed by atoms with van der Waals surface area (Å²) < 4.78 is 24.7. The summed E-state index contributed by atoms with van der Waals surface area (Å²) in [7, 11) is -2.91. The van der Waals surface area contributed by atoms with E-state index in [1.807, 2.05) is 6.07 Å². The molecule has 5 nitrogen and oxygen atoms in total. The fraction of sp³-hybridized carbons (Fsp3) is 0.750. The van der Waals surface area contributed by atoms with Gasteiger partial charge in [-0.25, -0.2) is 13.1 Å². The Kier molecular flexibility index (Phi) is 3.17. The normalized spacial score (nSPS) is 23.4. The third-order valence-corrected chi connectivity index (χ3v) is 5.65. The SMILES string of the molecule is CCC(C)(C)c1cc(N)n(C2CCS(=O)(=O)C2)n1. The Labute approximate surface area is 108 Å². The molecule has 1 aliphatic heterocycles. The number of rotatable bonds is 3. The standard InChI is InChI=1S/C12H21N3O2S/c1-4-12(2,3)10-7-11(13)15(14-10)9-5-6-18(16,17)8-9/h7,9H,4-6,8,13H2,1-3H3. The van der Waals surface area contributed by atoms with E-state index in [-0.39, 0.29) is 23.0 Å². The van der Waals surface area contributed by atoms with Crippen LogP contribution in [0.4, 0.5) is 5.82 Å². The Morgan fingerprint density at radius 3 is 2.72 bits per heavy atom. The zero-order valence-electron chi connectivity index (χ0n) is 11.2. The third-order valence-electron chi connectivity index (χ3n) is 3.90. The number of hydrogen-bond acceptors (Lipinski definition) is 4. The van der Waals surface area contributed by atoms with Crippen molar-refractivity contribution in [3.8, 4) is 0 Å². The van der Waals surface area contributed by atoms with Crippen LogP contribution < -0.4 is 5.73 Å². The molecule has 18 heavy (non-hydrogen) atoms. The minimum Gasteiger partial charge on any atom is -0.384 e. The van der Waals surface area contributed by atoms with Gasteiger partial charge in [-0.3, -0.25) is 0 Å². The smallest absolute Gasteiger partial charge is 0.152 e. The van der Waals surface area contributed by atoms with Gasteiger partial charge < -0.3 is 5.73 Å². The lowest BCUT2D eigenvalue weighted by molar-refractivity contribution is 0.452. The van der Waals surface area contributed by atoms with Gasteiger partial charge in [-0.2, -0.15) is 5.10 Å². The largest absolute Gasteiger partial charge is 0.384 e. The number of aromatic nitrogens is 2. The van der Waals surface area contributed by atoms with Gasteiger partial charge in [0.15, 0.2) is 9.84 Å². The zero-order valence-corrected chi connectivity index (χ0v) is 12.0. The first-order valence-electron chi connectivity index (χ1n) is 6.31. The maximum atomic E-state index is 11.5. The van der Waals surface area contributed by atoms with E-state index in [9.17, 15) is 8.42 Å². The van der Waals surface area contributed by atoms with Crippen molar-refractivity contribution in [2.24, 2.45) is 0 Å². The molecule has 0 spiro atoms. The van der Waals surface area contributed by atoms with Gasteiger partial charge in [0, 0.05) is 11.5 Å². The molecule has 2 heterocycles. The number of hydrogen-bond donors (Lipinski definition) is 1. The van der Waals surface area contributed by atoms with E-state index in [2.05, 4.69) is 25.9 Å². The highest BCUT2D eigenvalue weighted by Gasteiger charge is 2.32. The van der Waals surface area contributed by atoms with Crippen LogP contribution in [0.2, 0.25) is 0 Å². The molecular weight excluding hydrogens is 250 g/mol. The summed E-state index contributed by atoms with van der Waals surface area (Å²) in [6.45, 7) is 6.34. The predicted molar refractivity (Wildman–Crippen MR) is 72.3 cm³/mol. The third kappa shape index (κ3) is 2.39. The Hall–Kier alpha value is -1.04. The quantitative estimate of drug-likeness (QED) is 0.904. The summed E-state index contributed by atoms with van der Waals surface area (Å²) in [5.74, 6) is 0.961. The average molecular weight is 271 g/mol. The van der Waals surface area contributed by atoms with Crippen LogP contribution in [0.1, 0.15) is 45.3 Å². The highest BCUT2D eigenvalue weighted by molar-refractivity contribution is 7.91. The molecule has 0 radical (unpaired) electrons. The summed E-state index contributed by atoms with van der Waals surface area (Å²) in [5.41, 5.74) is 6.87. The van der Waals surface area contributed by atoms with Crippen LogP contribution in [0.3, 0.4) is 0 Å². The fourth-order valence-electron chi connectivity index (χ4n) is 2.18. The molecule has 1 fully saturated rings. The maximum absolute atomic E-state index is 11.5. The van der Waals surface area contributed by atoms with Gasteiger partial charge in [-0.15, -0.1) is 0 Å². The molecule has 0 aliphatic carbocycles. The van der Waals surface area contributed by atoms with Crippen LogP contribution in [0.5, 0.6) is 0 Å². The molecule has 0 bridgehead atoms. The summed E-state index contributed by atoms with van der Waals surface area (Å²) in [5, 5.41) is 4.53. The lowest BCUT2D eigenvalue weighted by atomic mass is 9.87. The number of sulfone groups is 1. The second-order valence-electron chi connectivity index (χ2n) is 5.69. The molecule has 1 atom stereocenters. The molecular formula is C12H21N3O2S. The monoisotopic (exact) mass is 271 g/mol. The summed E-state index contributed by atoms with van der Waals surface area (Å²) in [6, 6.07) is 1.77. The van der Waals surface area contributed by atoms with E-state index >= 15 is 0 Å². The molecule has 102 valence electrons. The second kappa shape index (κ2) is 4.26. The predicted octanol–water partition coefficient (Wildman–Crippen LogP) is 1.51. The van der Waals surface area contributed by atoms with Gasteiger partial charge in [0.25, 0.3) is 0 Å². The van der Waals surface area contributed by atoms with Crippen molar-refractivity contribution in [1.82, 2.24) is 9.78 Å². The molecule has 1 aromatic rings. The van der Waals surface area contributed by atoms with Crippen LogP contribution in [0, 0.1) is 0 Å². The van der Waals surface area contributed by atoms with E-state index in [1.54, 1.807) is 4.68 Å². The van der Waals surface area contributed by atoms with E-state index in [4.69, 9.17) is 5.73 Å². The molecule has 2 N–H and O–H groups in total. The molecule has 0 aromatic carbocycles.